The molecular weight excluding hydrogens is 380 g/mol. The van der Waals surface area contributed by atoms with Gasteiger partial charge in [0.25, 0.3) is 0 Å². The zero-order chi connectivity index (χ0) is 21.6. The second-order valence-corrected chi connectivity index (χ2v) is 7.48. The van der Waals surface area contributed by atoms with Crippen LogP contribution in [0.1, 0.15) is 28.1 Å². The van der Waals surface area contributed by atoms with Crippen molar-refractivity contribution in [1.82, 2.24) is 29.6 Å². The summed E-state index contributed by atoms with van der Waals surface area (Å²) >= 11 is 0. The van der Waals surface area contributed by atoms with E-state index in [-0.39, 0.29) is 5.69 Å². The first kappa shape index (κ1) is 19.6. The highest BCUT2D eigenvalue weighted by molar-refractivity contribution is 5.54. The lowest BCUT2D eigenvalue weighted by molar-refractivity contribution is 0.469. The minimum atomic E-state index is -0.336. The number of ether oxygens (including phenoxy) is 1. The highest BCUT2D eigenvalue weighted by atomic mass is 16.5. The van der Waals surface area contributed by atoms with E-state index < -0.39 is 0 Å². The van der Waals surface area contributed by atoms with Gasteiger partial charge in [-0.3, -0.25) is 0 Å². The van der Waals surface area contributed by atoms with Gasteiger partial charge >= 0.3 is 5.69 Å². The quantitative estimate of drug-likeness (QED) is 0.520. The Morgan fingerprint density at radius 3 is 2.27 bits per heavy atom. The molecule has 0 bridgehead atoms. The molecule has 8 heteroatoms. The van der Waals surface area contributed by atoms with E-state index in [0.29, 0.717) is 17.2 Å². The van der Waals surface area contributed by atoms with E-state index in [2.05, 4.69) is 29.4 Å². The molecule has 2 aromatic heterocycles. The largest absolute Gasteiger partial charge is 0.455 e. The van der Waals surface area contributed by atoms with Crippen LogP contribution in [0.15, 0.2) is 41.2 Å². The number of para-hydroxylation sites is 1. The molecule has 0 amide bonds. The van der Waals surface area contributed by atoms with Crippen molar-refractivity contribution in [2.75, 3.05) is 0 Å². The van der Waals surface area contributed by atoms with Crippen LogP contribution in [0.5, 0.6) is 11.5 Å². The highest BCUT2D eigenvalue weighted by Gasteiger charge is 2.16. The fourth-order valence-corrected chi connectivity index (χ4v) is 3.36. The second kappa shape index (κ2) is 7.29. The summed E-state index contributed by atoms with van der Waals surface area (Å²) in [6, 6.07) is 11.5. The molecule has 0 aliphatic carbocycles. The first-order valence-corrected chi connectivity index (χ1v) is 9.68. The summed E-state index contributed by atoms with van der Waals surface area (Å²) in [5, 5.41) is 12.4. The maximum atomic E-state index is 12.4. The second-order valence-electron chi connectivity index (χ2n) is 7.48. The average Bonchev–Trinajstić information content (AvgIpc) is 3.18. The molecule has 0 N–H and O–H groups in total. The maximum Gasteiger partial charge on any atom is 0.368 e. The number of benzene rings is 2. The van der Waals surface area contributed by atoms with E-state index in [0.717, 1.165) is 28.2 Å². The van der Waals surface area contributed by atoms with Crippen molar-refractivity contribution in [2.24, 2.45) is 7.05 Å². The Kier molecular flexibility index (Phi) is 4.77. The Hall–Kier alpha value is -3.68. The molecule has 0 saturated heterocycles. The summed E-state index contributed by atoms with van der Waals surface area (Å²) in [5.41, 5.74) is 6.35. The molecule has 2 heterocycles. The third-order valence-corrected chi connectivity index (χ3v) is 5.41. The Balaban J connectivity index is 1.75. The van der Waals surface area contributed by atoms with Gasteiger partial charge in [0.05, 0.1) is 11.4 Å². The zero-order valence-electron chi connectivity index (χ0n) is 18.0. The molecule has 30 heavy (non-hydrogen) atoms. The van der Waals surface area contributed by atoms with Crippen molar-refractivity contribution in [2.45, 2.75) is 34.6 Å². The lowest BCUT2D eigenvalue weighted by Crippen LogP contribution is -2.22. The lowest BCUT2D eigenvalue weighted by Gasteiger charge is -2.15. The van der Waals surface area contributed by atoms with Crippen LogP contribution >= 0.6 is 0 Å². The fourth-order valence-electron chi connectivity index (χ4n) is 3.36. The number of rotatable bonds is 4. The van der Waals surface area contributed by atoms with Gasteiger partial charge in [-0.25, -0.2) is 9.48 Å². The minimum absolute atomic E-state index is 0.336. The van der Waals surface area contributed by atoms with E-state index in [1.54, 1.807) is 13.1 Å². The van der Waals surface area contributed by atoms with Crippen molar-refractivity contribution >= 4 is 0 Å². The fraction of sp³-hybridized carbons (Fsp3) is 0.273. The Bertz CT molecular complexity index is 1310. The van der Waals surface area contributed by atoms with E-state index in [1.807, 2.05) is 55.8 Å². The van der Waals surface area contributed by atoms with Gasteiger partial charge in [0.15, 0.2) is 5.75 Å². The predicted molar refractivity (Wildman–Crippen MR) is 114 cm³/mol. The number of tetrazole rings is 1. The molecule has 4 aromatic rings. The molecule has 0 atom stereocenters. The summed E-state index contributed by atoms with van der Waals surface area (Å²) in [7, 11) is 1.56. The van der Waals surface area contributed by atoms with Crippen LogP contribution < -0.4 is 10.4 Å². The third-order valence-electron chi connectivity index (χ3n) is 5.41. The Labute approximate surface area is 174 Å². The monoisotopic (exact) mass is 404 g/mol. The van der Waals surface area contributed by atoms with E-state index >= 15 is 0 Å². The van der Waals surface area contributed by atoms with Crippen molar-refractivity contribution in [1.29, 1.82) is 0 Å². The molecule has 0 aliphatic heterocycles. The number of aryl methyl sites for hydroxylation is 4. The van der Waals surface area contributed by atoms with E-state index in [9.17, 15) is 4.79 Å². The molecule has 0 fully saturated rings. The van der Waals surface area contributed by atoms with Gasteiger partial charge in [-0.2, -0.15) is 14.5 Å². The molecule has 0 aliphatic rings. The SMILES string of the molecule is Cc1cc(-n2nc(C)c(C)c2C)ccc1Oc1c(C)cccc1-n1nnn(C)c1=O. The van der Waals surface area contributed by atoms with Gasteiger partial charge in [0.1, 0.15) is 11.4 Å². The summed E-state index contributed by atoms with van der Waals surface area (Å²) in [6.45, 7) is 10.1. The standard InChI is InChI=1S/C22H24N6O2/c1-13-8-7-9-19(28-22(29)26(6)24-25-28)21(13)30-20-11-10-18(12-14(20)2)27-17(5)15(3)16(4)23-27/h7-12H,1-6H3. The van der Waals surface area contributed by atoms with Crippen LogP contribution in [0.2, 0.25) is 0 Å². The summed E-state index contributed by atoms with van der Waals surface area (Å²) < 4.78 is 10.6. The van der Waals surface area contributed by atoms with Crippen molar-refractivity contribution in [3.05, 3.63) is 75.0 Å². The van der Waals surface area contributed by atoms with Crippen LogP contribution in [0, 0.1) is 34.6 Å². The van der Waals surface area contributed by atoms with Crippen molar-refractivity contribution < 1.29 is 4.74 Å². The normalized spacial score (nSPS) is 11.1. The Morgan fingerprint density at radius 2 is 1.67 bits per heavy atom. The van der Waals surface area contributed by atoms with Crippen LogP contribution in [0.25, 0.3) is 11.4 Å². The topological polar surface area (TPSA) is 79.8 Å². The van der Waals surface area contributed by atoms with E-state index in [1.165, 1.54) is 14.9 Å². The van der Waals surface area contributed by atoms with Crippen molar-refractivity contribution in [3.63, 3.8) is 0 Å². The maximum absolute atomic E-state index is 12.4. The van der Waals surface area contributed by atoms with Crippen molar-refractivity contribution in [3.8, 4) is 22.9 Å². The number of hydrogen-bond donors (Lipinski definition) is 0. The highest BCUT2D eigenvalue weighted by Crippen LogP contribution is 2.33. The van der Waals surface area contributed by atoms with Crippen LogP contribution in [-0.4, -0.2) is 29.6 Å². The minimum Gasteiger partial charge on any atom is -0.455 e. The van der Waals surface area contributed by atoms with E-state index in [4.69, 9.17) is 4.74 Å². The number of hydrogen-bond acceptors (Lipinski definition) is 5. The zero-order valence-corrected chi connectivity index (χ0v) is 18.0. The Morgan fingerprint density at radius 1 is 0.900 bits per heavy atom. The molecule has 0 saturated carbocycles. The molecule has 0 unspecified atom stereocenters. The van der Waals surface area contributed by atoms with Gasteiger partial charge in [-0.05, 0) is 86.0 Å². The molecule has 4 rings (SSSR count). The van der Waals surface area contributed by atoms with Crippen LogP contribution in [0.4, 0.5) is 0 Å². The molecule has 154 valence electrons. The van der Waals surface area contributed by atoms with Gasteiger partial charge in [-0.1, -0.05) is 12.1 Å². The third kappa shape index (κ3) is 3.20. The number of aromatic nitrogens is 6. The van der Waals surface area contributed by atoms with Gasteiger partial charge in [0.2, 0.25) is 0 Å². The molecule has 0 radical (unpaired) electrons. The van der Waals surface area contributed by atoms with Gasteiger partial charge < -0.3 is 4.74 Å². The first-order valence-electron chi connectivity index (χ1n) is 9.68. The molecule has 0 spiro atoms. The summed E-state index contributed by atoms with van der Waals surface area (Å²) in [5.74, 6) is 1.27. The van der Waals surface area contributed by atoms with Gasteiger partial charge in [0, 0.05) is 12.7 Å². The lowest BCUT2D eigenvalue weighted by atomic mass is 10.1. The summed E-state index contributed by atoms with van der Waals surface area (Å²) in [4.78, 5) is 12.4. The smallest absolute Gasteiger partial charge is 0.368 e. The molecule has 8 nitrogen and oxygen atoms in total. The van der Waals surface area contributed by atoms with Crippen LogP contribution in [0.3, 0.4) is 0 Å². The molecular formula is C22H24N6O2. The van der Waals surface area contributed by atoms with Crippen LogP contribution in [-0.2, 0) is 7.05 Å². The molecule has 2 aromatic carbocycles. The van der Waals surface area contributed by atoms with Gasteiger partial charge in [-0.15, -0.1) is 0 Å². The summed E-state index contributed by atoms with van der Waals surface area (Å²) in [6.07, 6.45) is 0. The predicted octanol–water partition coefficient (Wildman–Crippen LogP) is 3.49. The first-order chi connectivity index (χ1) is 14.3. The number of nitrogens with zero attached hydrogens (tertiary/aromatic N) is 6. The average molecular weight is 404 g/mol.